The predicted molar refractivity (Wildman–Crippen MR) is 65.3 cm³/mol. The van der Waals surface area contributed by atoms with E-state index in [0.29, 0.717) is 17.3 Å². The van der Waals surface area contributed by atoms with Gasteiger partial charge in [0.15, 0.2) is 5.60 Å². The first-order chi connectivity index (χ1) is 6.75. The van der Waals surface area contributed by atoms with Gasteiger partial charge in [0.1, 0.15) is 6.29 Å². The number of carbonyl (C=O) groups is 2. The molecule has 0 aromatic carbocycles. The van der Waals surface area contributed by atoms with Crippen molar-refractivity contribution in [3.8, 4) is 0 Å². The van der Waals surface area contributed by atoms with E-state index in [1.807, 2.05) is 21.1 Å². The van der Waals surface area contributed by atoms with Crippen molar-refractivity contribution >= 4 is 35.1 Å². The van der Waals surface area contributed by atoms with Crippen molar-refractivity contribution in [1.29, 1.82) is 0 Å². The van der Waals surface area contributed by atoms with Crippen LogP contribution in [0.4, 0.5) is 0 Å². The molecule has 15 heavy (non-hydrogen) atoms. The van der Waals surface area contributed by atoms with Crippen molar-refractivity contribution in [1.82, 2.24) is 3.53 Å². The zero-order valence-corrected chi connectivity index (χ0v) is 11.4. The Hall–Kier alpha value is -0.210. The molecule has 0 rings (SSSR count). The van der Waals surface area contributed by atoms with Crippen LogP contribution in [0, 0.1) is 0 Å². The zero-order valence-electron chi connectivity index (χ0n) is 9.29. The van der Waals surface area contributed by atoms with E-state index < -0.39 is 11.5 Å². The fraction of sp³-hybridized carbons (Fsp3) is 0.778. The van der Waals surface area contributed by atoms with Crippen LogP contribution in [-0.4, -0.2) is 55.1 Å². The molecule has 6 heteroatoms. The van der Waals surface area contributed by atoms with Crippen LogP contribution in [0.15, 0.2) is 0 Å². The summed E-state index contributed by atoms with van der Waals surface area (Å²) in [5.74, 6) is -0.511. The summed E-state index contributed by atoms with van der Waals surface area (Å²) in [5, 5.41) is 9.99. The summed E-state index contributed by atoms with van der Waals surface area (Å²) in [7, 11) is 5.88. The summed E-state index contributed by atoms with van der Waals surface area (Å²) >= 11 is 1.66. The second kappa shape index (κ2) is 5.76. The smallest absolute Gasteiger partial charge is 0.261 e. The Labute approximate surface area is 104 Å². The normalized spacial score (nSPS) is 15.5. The largest absolute Gasteiger partial charge is 0.379 e. The molecule has 0 aliphatic rings. The maximum absolute atomic E-state index is 11.4. The zero-order chi connectivity index (χ0) is 12.1. The van der Waals surface area contributed by atoms with Gasteiger partial charge < -0.3 is 14.4 Å². The average molecular weight is 329 g/mol. The molecule has 0 radical (unpaired) electrons. The Bertz CT molecular complexity index is 240. The lowest BCUT2D eigenvalue weighted by molar-refractivity contribution is -0.871. The topological polar surface area (TPSA) is 66.4 Å². The monoisotopic (exact) mass is 329 g/mol. The molecule has 1 amide bonds. The van der Waals surface area contributed by atoms with E-state index in [1.165, 1.54) is 0 Å². The number of hydrogen-bond donors (Lipinski definition) is 2. The van der Waals surface area contributed by atoms with Crippen molar-refractivity contribution in [3.05, 3.63) is 0 Å². The number of amides is 1. The molecule has 5 nitrogen and oxygen atoms in total. The molecule has 0 spiro atoms. The highest BCUT2D eigenvalue weighted by Gasteiger charge is 2.36. The van der Waals surface area contributed by atoms with E-state index in [0.717, 1.165) is 0 Å². The van der Waals surface area contributed by atoms with E-state index in [2.05, 4.69) is 3.53 Å². The van der Waals surface area contributed by atoms with E-state index >= 15 is 0 Å². The molecule has 0 saturated carbocycles. The highest BCUT2D eigenvalue weighted by Crippen LogP contribution is 2.16. The number of halogens is 1. The molecule has 2 N–H and O–H groups in total. The lowest BCUT2D eigenvalue weighted by Crippen LogP contribution is -2.48. The van der Waals surface area contributed by atoms with Gasteiger partial charge in [-0.3, -0.25) is 8.32 Å². The first-order valence-electron chi connectivity index (χ1n) is 4.63. The summed E-state index contributed by atoms with van der Waals surface area (Å²) in [6.07, 6.45) is 0.674. The van der Waals surface area contributed by atoms with Gasteiger partial charge in [-0.05, 0) is 0 Å². The van der Waals surface area contributed by atoms with Gasteiger partial charge in [-0.25, -0.2) is 0 Å². The summed E-state index contributed by atoms with van der Waals surface area (Å²) < 4.78 is 2.98. The van der Waals surface area contributed by atoms with Crippen molar-refractivity contribution < 1.29 is 19.2 Å². The van der Waals surface area contributed by atoms with E-state index in [9.17, 15) is 14.7 Å². The fourth-order valence-electron chi connectivity index (χ4n) is 1.05. The van der Waals surface area contributed by atoms with Crippen molar-refractivity contribution in [2.24, 2.45) is 0 Å². The third-order valence-corrected chi connectivity index (χ3v) is 2.62. The van der Waals surface area contributed by atoms with Gasteiger partial charge in [0.25, 0.3) is 5.91 Å². The van der Waals surface area contributed by atoms with Crippen LogP contribution in [0.5, 0.6) is 0 Å². The Balaban J connectivity index is 4.51. The molecule has 1 atom stereocenters. The van der Waals surface area contributed by atoms with Crippen LogP contribution in [0.25, 0.3) is 0 Å². The van der Waals surface area contributed by atoms with Gasteiger partial charge in [0, 0.05) is 12.8 Å². The van der Waals surface area contributed by atoms with E-state index in [-0.39, 0.29) is 12.8 Å². The minimum absolute atomic E-state index is 0.165. The third kappa shape index (κ3) is 5.43. The number of carbonyl (C=O) groups excluding carboxylic acids is 2. The lowest BCUT2D eigenvalue weighted by Gasteiger charge is -2.29. The van der Waals surface area contributed by atoms with Crippen LogP contribution in [0.2, 0.25) is 0 Å². The number of nitrogens with one attached hydrogen (secondary N) is 1. The van der Waals surface area contributed by atoms with Gasteiger partial charge in [-0.1, -0.05) is 0 Å². The van der Waals surface area contributed by atoms with Crippen molar-refractivity contribution in [3.63, 3.8) is 0 Å². The maximum atomic E-state index is 11.4. The summed E-state index contributed by atoms with van der Waals surface area (Å²) in [5.41, 5.74) is -1.57. The molecule has 0 bridgehead atoms. The first-order valence-corrected chi connectivity index (χ1v) is 5.70. The fourth-order valence-corrected chi connectivity index (χ4v) is 1.56. The lowest BCUT2D eigenvalue weighted by atomic mass is 9.95. The molecule has 0 fully saturated rings. The standard InChI is InChI=1S/C9H17IN2O3/c1-12(2,3)6-4-9(15,5-7-13)8(14)11-10/h7,15H,4-6H2,1-3H3/p+1. The summed E-state index contributed by atoms with van der Waals surface area (Å²) in [4.78, 5) is 21.8. The molecule has 1 unspecified atom stereocenters. The number of hydrogen-bond acceptors (Lipinski definition) is 3. The Morgan fingerprint density at radius 1 is 1.53 bits per heavy atom. The molecule has 0 aliphatic carbocycles. The number of nitrogens with zero attached hydrogens (tertiary/aromatic N) is 1. The number of quaternary nitrogens is 1. The Morgan fingerprint density at radius 3 is 2.40 bits per heavy atom. The van der Waals surface area contributed by atoms with Crippen LogP contribution < -0.4 is 3.53 Å². The highest BCUT2D eigenvalue weighted by molar-refractivity contribution is 14.1. The second-order valence-electron chi connectivity index (χ2n) is 4.59. The van der Waals surface area contributed by atoms with Gasteiger partial charge in [0.2, 0.25) is 0 Å². The van der Waals surface area contributed by atoms with E-state index in [1.54, 1.807) is 22.9 Å². The molecule has 0 aromatic heterocycles. The first kappa shape index (κ1) is 14.8. The van der Waals surface area contributed by atoms with Gasteiger partial charge in [-0.15, -0.1) is 0 Å². The molecular formula is C9H18IN2O3+. The average Bonchev–Trinajstić information content (AvgIpc) is 2.13. The predicted octanol–water partition coefficient (Wildman–Crippen LogP) is -0.131. The van der Waals surface area contributed by atoms with Crippen LogP contribution in [0.1, 0.15) is 12.8 Å². The third-order valence-electron chi connectivity index (χ3n) is 2.13. The van der Waals surface area contributed by atoms with Gasteiger partial charge in [0.05, 0.1) is 50.6 Å². The molecule has 0 aromatic rings. The van der Waals surface area contributed by atoms with Gasteiger partial charge >= 0.3 is 0 Å². The van der Waals surface area contributed by atoms with Gasteiger partial charge in [-0.2, -0.15) is 0 Å². The number of rotatable bonds is 6. The highest BCUT2D eigenvalue weighted by atomic mass is 127. The Kier molecular flexibility index (Phi) is 5.68. The van der Waals surface area contributed by atoms with Crippen molar-refractivity contribution in [2.75, 3.05) is 27.7 Å². The minimum atomic E-state index is -1.57. The van der Waals surface area contributed by atoms with Crippen LogP contribution in [-0.2, 0) is 9.59 Å². The summed E-state index contributed by atoms with van der Waals surface area (Å²) in [6.45, 7) is 0.619. The summed E-state index contributed by atoms with van der Waals surface area (Å²) in [6, 6.07) is 0. The molecule has 0 heterocycles. The number of aldehydes is 1. The van der Waals surface area contributed by atoms with Crippen molar-refractivity contribution in [2.45, 2.75) is 18.4 Å². The molecule has 0 aliphatic heterocycles. The van der Waals surface area contributed by atoms with Crippen LogP contribution >= 0.6 is 22.9 Å². The quantitative estimate of drug-likeness (QED) is 0.309. The molecule has 88 valence electrons. The second-order valence-corrected chi connectivity index (χ2v) is 5.13. The maximum Gasteiger partial charge on any atom is 0.261 e. The number of aliphatic hydroxyl groups is 1. The Morgan fingerprint density at radius 2 is 2.07 bits per heavy atom. The SMILES string of the molecule is C[N+](C)(C)CCC(O)(CC=O)C(=O)NI. The van der Waals surface area contributed by atoms with E-state index in [4.69, 9.17) is 0 Å². The minimum Gasteiger partial charge on any atom is -0.379 e. The molecule has 0 saturated heterocycles. The van der Waals surface area contributed by atoms with Crippen LogP contribution in [0.3, 0.4) is 0 Å². The molecular weight excluding hydrogens is 311 g/mol.